The van der Waals surface area contributed by atoms with Crippen molar-refractivity contribution >= 4 is 5.91 Å². The molecule has 0 aliphatic heterocycles. The molecule has 0 rings (SSSR count). The summed E-state index contributed by atoms with van der Waals surface area (Å²) in [6.07, 6.45) is 36.5. The van der Waals surface area contributed by atoms with Crippen LogP contribution in [-0.2, 0) is 4.79 Å². The van der Waals surface area contributed by atoms with E-state index in [1.807, 2.05) is 0 Å². The average molecular weight is 521 g/mol. The Kier molecular flexibility index (Phi) is 29.1. The Balaban J connectivity index is 3.50. The second-order valence-corrected chi connectivity index (χ2v) is 11.4. The Hall–Kier alpha value is -0.830. The Bertz CT molecular complexity index is 490. The van der Waals surface area contributed by atoms with Gasteiger partial charge in [-0.3, -0.25) is 4.79 Å². The van der Waals surface area contributed by atoms with E-state index in [1.165, 1.54) is 141 Å². The van der Waals surface area contributed by atoms with Crippen LogP contribution < -0.4 is 5.32 Å². The molecule has 0 aromatic carbocycles. The molecule has 0 saturated heterocycles. The van der Waals surface area contributed by atoms with Gasteiger partial charge in [0.25, 0.3) is 0 Å². The van der Waals surface area contributed by atoms with Crippen LogP contribution in [0.1, 0.15) is 181 Å². The molecule has 0 aromatic rings. The second kappa shape index (κ2) is 29.7. The predicted octanol–water partition coefficient (Wildman–Crippen LogP) is 10.4. The first-order valence-corrected chi connectivity index (χ1v) is 16.6. The minimum absolute atomic E-state index is 0.0147. The molecule has 0 unspecified atom stereocenters. The van der Waals surface area contributed by atoms with Crippen molar-refractivity contribution < 1.29 is 9.90 Å². The van der Waals surface area contributed by atoms with E-state index in [0.29, 0.717) is 6.42 Å². The smallest absolute Gasteiger partial charge is 0.220 e. The van der Waals surface area contributed by atoms with Crippen molar-refractivity contribution in [2.75, 3.05) is 0 Å². The summed E-state index contributed by atoms with van der Waals surface area (Å²) < 4.78 is 0. The molecule has 0 saturated carbocycles. The van der Waals surface area contributed by atoms with E-state index in [0.717, 1.165) is 19.3 Å². The van der Waals surface area contributed by atoms with Gasteiger partial charge in [0.05, 0.1) is 12.1 Å². The van der Waals surface area contributed by atoms with Crippen molar-refractivity contribution in [1.29, 1.82) is 0 Å². The van der Waals surface area contributed by atoms with Crippen LogP contribution in [0.5, 0.6) is 0 Å². The number of nitrogens with one attached hydrogen (secondary N) is 1. The van der Waals surface area contributed by atoms with Crippen molar-refractivity contribution in [2.45, 2.75) is 193 Å². The lowest BCUT2D eigenvalue weighted by molar-refractivity contribution is -0.122. The Morgan fingerprint density at radius 2 is 0.973 bits per heavy atom. The largest absolute Gasteiger partial charge is 0.387 e. The van der Waals surface area contributed by atoms with Gasteiger partial charge in [0.15, 0.2) is 0 Å². The van der Waals surface area contributed by atoms with Gasteiger partial charge >= 0.3 is 0 Å². The summed E-state index contributed by atoms with van der Waals surface area (Å²) in [6.45, 7) is 8.48. The third kappa shape index (κ3) is 28.0. The van der Waals surface area contributed by atoms with Crippen LogP contribution in [0.4, 0.5) is 0 Å². The van der Waals surface area contributed by atoms with Crippen LogP contribution in [0.25, 0.3) is 0 Å². The number of aliphatic hydroxyl groups is 1. The first-order chi connectivity index (χ1) is 18.1. The van der Waals surface area contributed by atoms with Crippen molar-refractivity contribution in [3.05, 3.63) is 19.1 Å². The van der Waals surface area contributed by atoms with Gasteiger partial charge in [0, 0.05) is 6.42 Å². The summed E-state index contributed by atoms with van der Waals surface area (Å²) in [7, 11) is 0. The molecule has 219 valence electrons. The molecule has 0 bridgehead atoms. The maximum absolute atomic E-state index is 12.2. The topological polar surface area (TPSA) is 49.3 Å². The van der Waals surface area contributed by atoms with Crippen LogP contribution in [0.3, 0.4) is 0 Å². The summed E-state index contributed by atoms with van der Waals surface area (Å²) in [5.41, 5.74) is 0. The molecule has 0 fully saturated rings. The number of unbranched alkanes of at least 4 members (excludes halogenated alkanes) is 23. The van der Waals surface area contributed by atoms with Crippen molar-refractivity contribution in [3.8, 4) is 0 Å². The summed E-state index contributed by atoms with van der Waals surface area (Å²) in [4.78, 5) is 12.2. The zero-order chi connectivity index (χ0) is 27.2. The second-order valence-electron chi connectivity index (χ2n) is 11.4. The standard InChI is InChI=1S/C34H66NO2/c1-4-6-8-10-12-14-16-18-20-22-24-26-28-30-33(36)32(3)35-34(37)31-29-27-25-23-21-19-17-15-13-11-9-7-5-2/h28,30,32-33,36H,3-27,29,31H2,1-2H3,(H,35,37)/b30-28+/t32-,33-/m1/s1. The van der Waals surface area contributed by atoms with E-state index in [2.05, 4.69) is 32.2 Å². The molecule has 2 N–H and O–H groups in total. The molecule has 37 heavy (non-hydrogen) atoms. The summed E-state index contributed by atoms with van der Waals surface area (Å²) in [5, 5.41) is 13.1. The van der Waals surface area contributed by atoms with Gasteiger partial charge in [-0.15, -0.1) is 0 Å². The van der Waals surface area contributed by atoms with Crippen LogP contribution in [0.15, 0.2) is 12.2 Å². The maximum atomic E-state index is 12.2. The lowest BCUT2D eigenvalue weighted by Gasteiger charge is -2.17. The number of rotatable bonds is 29. The summed E-state index contributed by atoms with van der Waals surface area (Å²) >= 11 is 0. The highest BCUT2D eigenvalue weighted by atomic mass is 16.3. The molecule has 2 atom stereocenters. The number of hydrogen-bond acceptors (Lipinski definition) is 2. The summed E-state index contributed by atoms with van der Waals surface area (Å²) in [5.74, 6) is 0.0147. The third-order valence-electron chi connectivity index (χ3n) is 7.57. The summed E-state index contributed by atoms with van der Waals surface area (Å²) in [6, 6.07) is -0.469. The molecule has 3 heteroatoms. The lowest BCUT2D eigenvalue weighted by Crippen LogP contribution is -2.40. The molecular formula is C34H66NO2. The Morgan fingerprint density at radius 3 is 1.38 bits per heavy atom. The average Bonchev–Trinajstić information content (AvgIpc) is 2.89. The van der Waals surface area contributed by atoms with Gasteiger partial charge < -0.3 is 10.4 Å². The van der Waals surface area contributed by atoms with Crippen LogP contribution in [0, 0.1) is 6.92 Å². The molecule has 0 spiro atoms. The van der Waals surface area contributed by atoms with Gasteiger partial charge in [0.2, 0.25) is 5.91 Å². The van der Waals surface area contributed by atoms with E-state index < -0.39 is 12.1 Å². The number of carbonyl (C=O) groups excluding carboxylic acids is 1. The van der Waals surface area contributed by atoms with Crippen LogP contribution in [-0.4, -0.2) is 23.2 Å². The highest BCUT2D eigenvalue weighted by Gasteiger charge is 2.13. The Labute approximate surface area is 233 Å². The SMILES string of the molecule is [CH2][C@@H](NC(=O)CCCCCCCCCCCCCCC)[C@H](O)/C=C/CCCCCCCCCCCCC. The minimum atomic E-state index is -0.705. The van der Waals surface area contributed by atoms with Gasteiger partial charge in [-0.2, -0.15) is 0 Å². The molecule has 0 heterocycles. The molecule has 0 aliphatic rings. The number of hydrogen-bond donors (Lipinski definition) is 2. The van der Waals surface area contributed by atoms with E-state index in [1.54, 1.807) is 6.08 Å². The Morgan fingerprint density at radius 1 is 0.622 bits per heavy atom. The fraction of sp³-hybridized carbons (Fsp3) is 0.882. The van der Waals surface area contributed by atoms with Gasteiger partial charge in [-0.1, -0.05) is 167 Å². The zero-order valence-electron chi connectivity index (χ0n) is 25.3. The predicted molar refractivity (Wildman–Crippen MR) is 164 cm³/mol. The van der Waals surface area contributed by atoms with Gasteiger partial charge in [0.1, 0.15) is 0 Å². The lowest BCUT2D eigenvalue weighted by atomic mass is 10.0. The zero-order valence-corrected chi connectivity index (χ0v) is 25.3. The molecule has 1 radical (unpaired) electrons. The number of amides is 1. The third-order valence-corrected chi connectivity index (χ3v) is 7.57. The van der Waals surface area contributed by atoms with Gasteiger partial charge in [-0.25, -0.2) is 0 Å². The van der Waals surface area contributed by atoms with E-state index in [9.17, 15) is 9.90 Å². The first-order valence-electron chi connectivity index (χ1n) is 16.6. The molecular weight excluding hydrogens is 454 g/mol. The van der Waals surface area contributed by atoms with Crippen LogP contribution in [0.2, 0.25) is 0 Å². The minimum Gasteiger partial charge on any atom is -0.387 e. The quantitative estimate of drug-likeness (QED) is 0.0761. The first kappa shape index (κ1) is 36.2. The molecule has 0 aromatic heterocycles. The highest BCUT2D eigenvalue weighted by Crippen LogP contribution is 2.14. The molecule has 0 aliphatic carbocycles. The van der Waals surface area contributed by atoms with E-state index >= 15 is 0 Å². The van der Waals surface area contributed by atoms with Crippen LogP contribution >= 0.6 is 0 Å². The molecule has 3 nitrogen and oxygen atoms in total. The normalized spacial score (nSPS) is 13.3. The fourth-order valence-electron chi connectivity index (χ4n) is 4.96. The monoisotopic (exact) mass is 521 g/mol. The van der Waals surface area contributed by atoms with Gasteiger partial charge in [-0.05, 0) is 26.2 Å². The number of aliphatic hydroxyl groups excluding tert-OH is 1. The van der Waals surface area contributed by atoms with Crippen molar-refractivity contribution in [2.24, 2.45) is 0 Å². The maximum Gasteiger partial charge on any atom is 0.220 e. The number of carbonyl (C=O) groups is 1. The molecule has 1 amide bonds. The number of allylic oxidation sites excluding steroid dienone is 1. The fourth-order valence-corrected chi connectivity index (χ4v) is 4.96. The van der Waals surface area contributed by atoms with E-state index in [4.69, 9.17) is 0 Å². The highest BCUT2D eigenvalue weighted by molar-refractivity contribution is 5.76. The van der Waals surface area contributed by atoms with Crippen molar-refractivity contribution in [1.82, 2.24) is 5.32 Å². The van der Waals surface area contributed by atoms with E-state index in [-0.39, 0.29) is 5.91 Å². The van der Waals surface area contributed by atoms with Crippen molar-refractivity contribution in [3.63, 3.8) is 0 Å².